The number of carbonyl (C=O) groups is 2. The average Bonchev–Trinajstić information content (AvgIpc) is 2.74. The van der Waals surface area contributed by atoms with Gasteiger partial charge in [0.05, 0.1) is 5.92 Å². The average molecular weight is 412 g/mol. The third-order valence-electron chi connectivity index (χ3n) is 5.48. The minimum absolute atomic E-state index is 0.00637. The van der Waals surface area contributed by atoms with Crippen molar-refractivity contribution >= 4 is 18.0 Å². The smallest absolute Gasteiger partial charge is 0.306 e. The van der Waals surface area contributed by atoms with E-state index in [4.69, 9.17) is 5.11 Å². The van der Waals surface area contributed by atoms with Gasteiger partial charge in [-0.2, -0.15) is 0 Å². The van der Waals surface area contributed by atoms with Crippen molar-refractivity contribution in [1.29, 1.82) is 0 Å². The Morgan fingerprint density at radius 2 is 1.83 bits per heavy atom. The molecule has 2 aromatic rings. The highest BCUT2D eigenvalue weighted by molar-refractivity contribution is 5.93. The van der Waals surface area contributed by atoms with Gasteiger partial charge in [-0.1, -0.05) is 38.1 Å². The number of halogens is 2. The van der Waals surface area contributed by atoms with Crippen molar-refractivity contribution in [2.45, 2.75) is 32.6 Å². The number of amides is 1. The lowest BCUT2D eigenvalue weighted by atomic mass is 9.90. The molecular formula is C24H24F2NO3. The van der Waals surface area contributed by atoms with Gasteiger partial charge in [0.1, 0.15) is 0 Å². The lowest BCUT2D eigenvalue weighted by Gasteiger charge is -2.29. The Kier molecular flexibility index (Phi) is 6.65. The van der Waals surface area contributed by atoms with Gasteiger partial charge in [-0.05, 0) is 47.6 Å². The highest BCUT2D eigenvalue weighted by Gasteiger charge is 2.26. The molecule has 0 saturated carbocycles. The molecule has 0 atom stereocenters. The van der Waals surface area contributed by atoms with E-state index >= 15 is 0 Å². The first-order chi connectivity index (χ1) is 14.3. The lowest BCUT2D eigenvalue weighted by Crippen LogP contribution is -2.39. The molecule has 0 aromatic heterocycles. The molecule has 1 heterocycles. The number of benzene rings is 2. The van der Waals surface area contributed by atoms with Crippen LogP contribution in [0.25, 0.3) is 17.2 Å². The number of carboxylic acids is 1. The number of aliphatic carboxylic acids is 1. The third kappa shape index (κ3) is 4.58. The van der Waals surface area contributed by atoms with Crippen LogP contribution in [-0.2, 0) is 9.59 Å². The van der Waals surface area contributed by atoms with E-state index < -0.39 is 23.5 Å². The quantitative estimate of drug-likeness (QED) is 0.712. The summed E-state index contributed by atoms with van der Waals surface area (Å²) in [6.45, 7) is 4.68. The third-order valence-corrected chi connectivity index (χ3v) is 5.48. The summed E-state index contributed by atoms with van der Waals surface area (Å²) < 4.78 is 28.6. The van der Waals surface area contributed by atoms with Crippen LogP contribution in [0.4, 0.5) is 8.78 Å². The van der Waals surface area contributed by atoms with Gasteiger partial charge in [0.2, 0.25) is 5.91 Å². The Hall–Kier alpha value is -3.02. The summed E-state index contributed by atoms with van der Waals surface area (Å²) in [5.74, 6) is -3.65. The number of carboxylic acid groups (broad SMARTS) is 1. The van der Waals surface area contributed by atoms with Crippen LogP contribution >= 0.6 is 0 Å². The van der Waals surface area contributed by atoms with E-state index in [1.807, 2.05) is 38.1 Å². The summed E-state index contributed by atoms with van der Waals surface area (Å²) >= 11 is 0. The molecule has 3 rings (SSSR count). The van der Waals surface area contributed by atoms with Crippen molar-refractivity contribution in [2.75, 3.05) is 13.1 Å². The van der Waals surface area contributed by atoms with Gasteiger partial charge >= 0.3 is 5.97 Å². The fourth-order valence-electron chi connectivity index (χ4n) is 3.75. The van der Waals surface area contributed by atoms with E-state index in [0.717, 1.165) is 11.1 Å². The second-order valence-electron chi connectivity index (χ2n) is 7.76. The molecule has 1 saturated heterocycles. The molecule has 1 radical (unpaired) electrons. The molecule has 4 nitrogen and oxygen atoms in total. The normalized spacial score (nSPS) is 15.2. The van der Waals surface area contributed by atoms with Crippen LogP contribution in [-0.4, -0.2) is 35.0 Å². The standard InChI is InChI=1S/C24H24F2NO3/c1-15(2)17-5-3-4-6-18(17)19-7-9-21(25)23(26)20(19)8-10-22(28)27-13-11-16(12-14-27)24(29)30/h3-8,10,15-16H,11-14H2,1-2H3,(H,29,30)/b10-8+. The highest BCUT2D eigenvalue weighted by Crippen LogP contribution is 2.34. The molecule has 0 spiro atoms. The first kappa shape index (κ1) is 21.7. The van der Waals surface area contributed by atoms with E-state index in [1.165, 1.54) is 23.1 Å². The van der Waals surface area contributed by atoms with Crippen LogP contribution in [0, 0.1) is 23.6 Å². The Labute approximate surface area is 174 Å². The summed E-state index contributed by atoms with van der Waals surface area (Å²) in [5, 5.41) is 9.07. The molecule has 1 fully saturated rings. The largest absolute Gasteiger partial charge is 0.481 e. The fraction of sp³-hybridized carbons (Fsp3) is 0.333. The Morgan fingerprint density at radius 3 is 2.47 bits per heavy atom. The molecule has 1 aliphatic heterocycles. The first-order valence-electron chi connectivity index (χ1n) is 9.98. The zero-order chi connectivity index (χ0) is 21.8. The molecule has 0 bridgehead atoms. The Bertz CT molecular complexity index is 976. The van der Waals surface area contributed by atoms with Crippen LogP contribution < -0.4 is 0 Å². The van der Waals surface area contributed by atoms with Crippen molar-refractivity contribution < 1.29 is 23.5 Å². The highest BCUT2D eigenvalue weighted by atomic mass is 19.2. The number of likely N-dealkylation sites (tertiary alicyclic amines) is 1. The first-order valence-corrected chi connectivity index (χ1v) is 9.98. The van der Waals surface area contributed by atoms with Crippen molar-refractivity contribution in [3.8, 4) is 11.1 Å². The summed E-state index contributed by atoms with van der Waals surface area (Å²) in [7, 11) is 0. The molecule has 1 N–H and O–H groups in total. The van der Waals surface area contributed by atoms with Gasteiger partial charge in [-0.25, -0.2) is 8.78 Å². The van der Waals surface area contributed by atoms with E-state index in [-0.39, 0.29) is 17.4 Å². The predicted molar refractivity (Wildman–Crippen MR) is 111 cm³/mol. The maximum Gasteiger partial charge on any atom is 0.306 e. The minimum atomic E-state index is -1.10. The number of piperidine rings is 1. The minimum Gasteiger partial charge on any atom is -0.481 e. The number of hydrogen-bond donors (Lipinski definition) is 1. The van der Waals surface area contributed by atoms with Crippen molar-refractivity contribution in [1.82, 2.24) is 4.90 Å². The summed E-state index contributed by atoms with van der Waals surface area (Å²) in [6, 6.07) is 11.2. The van der Waals surface area contributed by atoms with Gasteiger partial charge in [0, 0.05) is 30.8 Å². The predicted octanol–water partition coefficient (Wildman–Crippen LogP) is 4.89. The number of rotatable bonds is 5. The molecule has 157 valence electrons. The van der Waals surface area contributed by atoms with Crippen LogP contribution in [0.1, 0.15) is 43.7 Å². The maximum atomic E-state index is 14.7. The zero-order valence-corrected chi connectivity index (χ0v) is 17.0. The van der Waals surface area contributed by atoms with E-state index in [9.17, 15) is 18.4 Å². The number of hydrogen-bond acceptors (Lipinski definition) is 2. The van der Waals surface area contributed by atoms with Gasteiger partial charge in [-0.3, -0.25) is 9.59 Å². The fourth-order valence-corrected chi connectivity index (χ4v) is 3.75. The van der Waals surface area contributed by atoms with Gasteiger partial charge in [0.25, 0.3) is 0 Å². The summed E-state index contributed by atoms with van der Waals surface area (Å²) in [6.07, 6.45) is 3.28. The molecule has 6 heteroatoms. The summed E-state index contributed by atoms with van der Waals surface area (Å²) in [4.78, 5) is 25.1. The van der Waals surface area contributed by atoms with Gasteiger partial charge in [-0.15, -0.1) is 0 Å². The number of carbonyl (C=O) groups excluding carboxylic acids is 1. The topological polar surface area (TPSA) is 57.6 Å². The van der Waals surface area contributed by atoms with E-state index in [0.29, 0.717) is 31.5 Å². The van der Waals surface area contributed by atoms with Crippen molar-refractivity contribution in [2.24, 2.45) is 5.92 Å². The molecule has 30 heavy (non-hydrogen) atoms. The number of nitrogens with zero attached hydrogens (tertiary/aromatic N) is 1. The summed E-state index contributed by atoms with van der Waals surface area (Å²) in [5.41, 5.74) is 2.20. The van der Waals surface area contributed by atoms with E-state index in [2.05, 4.69) is 6.07 Å². The molecule has 0 unspecified atom stereocenters. The van der Waals surface area contributed by atoms with Crippen LogP contribution in [0.5, 0.6) is 0 Å². The van der Waals surface area contributed by atoms with Crippen LogP contribution in [0.15, 0.2) is 36.4 Å². The Balaban J connectivity index is 1.90. The van der Waals surface area contributed by atoms with Crippen molar-refractivity contribution in [3.05, 3.63) is 65.2 Å². The molecule has 2 aromatic carbocycles. The van der Waals surface area contributed by atoms with Gasteiger partial charge < -0.3 is 10.0 Å². The van der Waals surface area contributed by atoms with Gasteiger partial charge in [0.15, 0.2) is 11.6 Å². The Morgan fingerprint density at radius 1 is 1.17 bits per heavy atom. The SMILES string of the molecule is CC(C)c1ccccc1-c1c[c]c(F)c(F)c1/C=C/C(=O)N1CCC(C(=O)O)CC1. The second-order valence-corrected chi connectivity index (χ2v) is 7.76. The molecule has 0 aliphatic carbocycles. The van der Waals surface area contributed by atoms with Crippen LogP contribution in [0.3, 0.4) is 0 Å². The zero-order valence-electron chi connectivity index (χ0n) is 17.0. The lowest BCUT2D eigenvalue weighted by molar-refractivity contribution is -0.144. The maximum absolute atomic E-state index is 14.7. The van der Waals surface area contributed by atoms with Crippen LogP contribution in [0.2, 0.25) is 0 Å². The monoisotopic (exact) mass is 412 g/mol. The second kappa shape index (κ2) is 9.20. The molecular weight excluding hydrogens is 388 g/mol. The molecule has 1 amide bonds. The van der Waals surface area contributed by atoms with Crippen molar-refractivity contribution in [3.63, 3.8) is 0 Å². The van der Waals surface area contributed by atoms with E-state index in [1.54, 1.807) is 0 Å². The molecule has 1 aliphatic rings.